The minimum atomic E-state index is -0.354. The molecule has 0 aliphatic carbocycles. The van der Waals surface area contributed by atoms with Crippen LogP contribution in [0.1, 0.15) is 19.3 Å². The van der Waals surface area contributed by atoms with E-state index in [1.165, 1.54) is 0 Å². The Balaban J connectivity index is 1.31. The third-order valence-corrected chi connectivity index (χ3v) is 5.78. The van der Waals surface area contributed by atoms with Gasteiger partial charge in [-0.25, -0.2) is 4.98 Å². The number of carbonyl (C=O) groups excluding carboxylic acids is 3. The number of carbonyl (C=O) groups is 3. The number of H-pyrrole nitrogens is 1. The van der Waals surface area contributed by atoms with E-state index < -0.39 is 0 Å². The third kappa shape index (κ3) is 4.14. The highest BCUT2D eigenvalue weighted by molar-refractivity contribution is 6.00. The summed E-state index contributed by atoms with van der Waals surface area (Å²) in [4.78, 5) is 48.1. The number of hydrogen-bond donors (Lipinski definition) is 2. The van der Waals surface area contributed by atoms with E-state index in [1.54, 1.807) is 41.4 Å². The van der Waals surface area contributed by atoms with Gasteiger partial charge in [-0.05, 0) is 37.1 Å². The predicted octanol–water partition coefficient (Wildman–Crippen LogP) is 1.65. The largest absolute Gasteiger partial charge is 0.497 e. The molecule has 9 heteroatoms. The summed E-state index contributed by atoms with van der Waals surface area (Å²) in [6.07, 6.45) is 4.63. The van der Waals surface area contributed by atoms with Crippen molar-refractivity contribution in [3.8, 4) is 5.75 Å². The first-order chi connectivity index (χ1) is 14.5. The molecule has 3 heterocycles. The van der Waals surface area contributed by atoms with Gasteiger partial charge in [-0.2, -0.15) is 0 Å². The minimum absolute atomic E-state index is 0.00995. The molecular formula is C21H25N5O4. The number of benzene rings is 1. The van der Waals surface area contributed by atoms with Crippen LogP contribution in [0.15, 0.2) is 36.7 Å². The van der Waals surface area contributed by atoms with Gasteiger partial charge in [0.25, 0.3) is 0 Å². The van der Waals surface area contributed by atoms with Crippen molar-refractivity contribution in [2.45, 2.75) is 19.3 Å². The average Bonchev–Trinajstić information content (AvgIpc) is 3.43. The van der Waals surface area contributed by atoms with E-state index in [1.807, 2.05) is 12.1 Å². The van der Waals surface area contributed by atoms with Gasteiger partial charge in [-0.15, -0.1) is 0 Å². The van der Waals surface area contributed by atoms with Gasteiger partial charge in [-0.3, -0.25) is 19.7 Å². The first-order valence-electron chi connectivity index (χ1n) is 10.1. The summed E-state index contributed by atoms with van der Waals surface area (Å²) in [5.74, 6) is 0.501. The van der Waals surface area contributed by atoms with Crippen molar-refractivity contribution in [3.63, 3.8) is 0 Å². The van der Waals surface area contributed by atoms with Crippen LogP contribution in [-0.4, -0.2) is 59.3 Å². The number of hydrogen-bond acceptors (Lipinski definition) is 5. The molecule has 2 aliphatic rings. The van der Waals surface area contributed by atoms with Gasteiger partial charge in [0, 0.05) is 50.1 Å². The fraction of sp³-hybridized carbons (Fsp3) is 0.429. The molecule has 1 atom stereocenters. The van der Waals surface area contributed by atoms with E-state index in [2.05, 4.69) is 15.3 Å². The molecular weight excluding hydrogens is 386 g/mol. The molecule has 2 fully saturated rings. The molecule has 0 bridgehead atoms. The highest BCUT2D eigenvalue weighted by atomic mass is 16.5. The van der Waals surface area contributed by atoms with Gasteiger partial charge in [-0.1, -0.05) is 0 Å². The number of nitrogens with zero attached hydrogens (tertiary/aromatic N) is 3. The summed E-state index contributed by atoms with van der Waals surface area (Å²) in [5.41, 5.74) is 0.768. The zero-order valence-electron chi connectivity index (χ0n) is 16.8. The van der Waals surface area contributed by atoms with Crippen molar-refractivity contribution in [2.75, 3.05) is 37.0 Å². The molecule has 1 aromatic carbocycles. The number of imidazole rings is 1. The topological polar surface area (TPSA) is 108 Å². The lowest BCUT2D eigenvalue weighted by atomic mass is 9.94. The van der Waals surface area contributed by atoms with E-state index in [0.29, 0.717) is 38.4 Å². The number of anilines is 2. The highest BCUT2D eigenvalue weighted by Gasteiger charge is 2.38. The van der Waals surface area contributed by atoms with Crippen LogP contribution in [0.3, 0.4) is 0 Å². The molecule has 2 saturated heterocycles. The SMILES string of the molecule is COc1ccc(N2C[C@H](C(=O)N3CCC(C(=O)Nc4ncc[nH]4)CC3)CC2=O)cc1. The number of likely N-dealkylation sites (tertiary alicyclic amines) is 1. The van der Waals surface area contributed by atoms with Crippen LogP contribution in [0.4, 0.5) is 11.6 Å². The molecule has 0 radical (unpaired) electrons. The second-order valence-electron chi connectivity index (χ2n) is 7.63. The number of aromatic nitrogens is 2. The minimum Gasteiger partial charge on any atom is -0.497 e. The standard InChI is InChI=1S/C21H25N5O4/c1-30-17-4-2-16(3-5-17)26-13-15(12-18(26)27)20(29)25-10-6-14(7-11-25)19(28)24-21-22-8-9-23-21/h2-5,8-9,14-15H,6-7,10-13H2,1H3,(H2,22,23,24,28)/t15-/m1/s1. The molecule has 2 aliphatic heterocycles. The quantitative estimate of drug-likeness (QED) is 0.778. The lowest BCUT2D eigenvalue weighted by molar-refractivity contribution is -0.138. The molecule has 0 unspecified atom stereocenters. The van der Waals surface area contributed by atoms with Crippen molar-refractivity contribution in [3.05, 3.63) is 36.7 Å². The number of rotatable bonds is 5. The van der Waals surface area contributed by atoms with E-state index in [9.17, 15) is 14.4 Å². The molecule has 0 saturated carbocycles. The second-order valence-corrected chi connectivity index (χ2v) is 7.63. The zero-order valence-corrected chi connectivity index (χ0v) is 16.8. The maximum Gasteiger partial charge on any atom is 0.229 e. The molecule has 158 valence electrons. The van der Waals surface area contributed by atoms with E-state index >= 15 is 0 Å². The van der Waals surface area contributed by atoms with Crippen LogP contribution in [0.2, 0.25) is 0 Å². The zero-order chi connectivity index (χ0) is 21.1. The van der Waals surface area contributed by atoms with Gasteiger partial charge in [0.2, 0.25) is 23.7 Å². The summed E-state index contributed by atoms with van der Waals surface area (Å²) < 4.78 is 5.15. The van der Waals surface area contributed by atoms with Crippen molar-refractivity contribution in [2.24, 2.45) is 11.8 Å². The van der Waals surface area contributed by atoms with Crippen LogP contribution >= 0.6 is 0 Å². The smallest absolute Gasteiger partial charge is 0.229 e. The van der Waals surface area contributed by atoms with Gasteiger partial charge < -0.3 is 19.5 Å². The first-order valence-corrected chi connectivity index (χ1v) is 10.1. The van der Waals surface area contributed by atoms with Crippen molar-refractivity contribution in [1.29, 1.82) is 0 Å². The number of piperidine rings is 1. The van der Waals surface area contributed by atoms with Crippen LogP contribution in [0.5, 0.6) is 5.75 Å². The number of methoxy groups -OCH3 is 1. The monoisotopic (exact) mass is 411 g/mol. The Labute approximate surface area is 174 Å². The Morgan fingerprint density at radius 1 is 1.17 bits per heavy atom. The number of aromatic amines is 1. The average molecular weight is 411 g/mol. The normalized spacial score (nSPS) is 19.8. The summed E-state index contributed by atoms with van der Waals surface area (Å²) in [7, 11) is 1.59. The Kier molecular flexibility index (Phi) is 5.69. The van der Waals surface area contributed by atoms with E-state index in [4.69, 9.17) is 4.74 Å². The fourth-order valence-electron chi connectivity index (χ4n) is 4.06. The Bertz CT molecular complexity index is 904. The fourth-order valence-corrected chi connectivity index (χ4v) is 4.06. The van der Waals surface area contributed by atoms with Crippen LogP contribution in [0, 0.1) is 11.8 Å². The molecule has 9 nitrogen and oxygen atoms in total. The van der Waals surface area contributed by atoms with Crippen molar-refractivity contribution in [1.82, 2.24) is 14.9 Å². The van der Waals surface area contributed by atoms with E-state index in [0.717, 1.165) is 11.4 Å². The van der Waals surface area contributed by atoms with Crippen molar-refractivity contribution >= 4 is 29.4 Å². The first kappa shape index (κ1) is 19.9. The predicted molar refractivity (Wildman–Crippen MR) is 110 cm³/mol. The molecule has 1 aromatic heterocycles. The molecule has 2 N–H and O–H groups in total. The Morgan fingerprint density at radius 2 is 1.90 bits per heavy atom. The maximum atomic E-state index is 13.0. The molecule has 2 aromatic rings. The number of nitrogens with one attached hydrogen (secondary N) is 2. The van der Waals surface area contributed by atoms with Crippen LogP contribution < -0.4 is 15.0 Å². The van der Waals surface area contributed by atoms with E-state index in [-0.39, 0.29) is 36.0 Å². The maximum absolute atomic E-state index is 13.0. The van der Waals surface area contributed by atoms with Crippen molar-refractivity contribution < 1.29 is 19.1 Å². The van der Waals surface area contributed by atoms with Crippen LogP contribution in [0.25, 0.3) is 0 Å². The molecule has 0 spiro atoms. The molecule has 4 rings (SSSR count). The highest BCUT2D eigenvalue weighted by Crippen LogP contribution is 2.29. The third-order valence-electron chi connectivity index (χ3n) is 5.78. The lowest BCUT2D eigenvalue weighted by Gasteiger charge is -2.32. The van der Waals surface area contributed by atoms with Gasteiger partial charge >= 0.3 is 0 Å². The van der Waals surface area contributed by atoms with Gasteiger partial charge in [0.15, 0.2) is 0 Å². The summed E-state index contributed by atoms with van der Waals surface area (Å²) in [5, 5.41) is 2.76. The summed E-state index contributed by atoms with van der Waals surface area (Å²) in [6.45, 7) is 1.41. The molecule has 30 heavy (non-hydrogen) atoms. The van der Waals surface area contributed by atoms with Gasteiger partial charge in [0.1, 0.15) is 5.75 Å². The van der Waals surface area contributed by atoms with Gasteiger partial charge in [0.05, 0.1) is 13.0 Å². The Hall–Kier alpha value is -3.36. The molecule has 3 amide bonds. The Morgan fingerprint density at radius 3 is 2.53 bits per heavy atom. The summed E-state index contributed by atoms with van der Waals surface area (Å²) in [6, 6.07) is 7.26. The van der Waals surface area contributed by atoms with Crippen LogP contribution in [-0.2, 0) is 14.4 Å². The second kappa shape index (κ2) is 8.56. The lowest BCUT2D eigenvalue weighted by Crippen LogP contribution is -2.44. The number of ether oxygens (including phenoxy) is 1. The summed E-state index contributed by atoms with van der Waals surface area (Å²) >= 11 is 0. The number of amides is 3.